The Kier molecular flexibility index (Phi) is 28.3. The van der Waals surface area contributed by atoms with Gasteiger partial charge in [-0.25, -0.2) is 9.59 Å². The average molecular weight is 1050 g/mol. The van der Waals surface area contributed by atoms with Gasteiger partial charge in [0, 0.05) is 56.2 Å². The SMILES string of the molecule is CSCCC(NC=O)C(=O)NC(CC(C)C)C(=O)Oc1[c-]cc(CO)cc1C.CSCCC(NC=O)C(=O)NC(CC(C)C)C(=O)Oc1c(-c2ccccc2)cc(CO)cc1-c1ccccc1.[Y]. The molecule has 0 aliphatic rings. The summed E-state index contributed by atoms with van der Waals surface area (Å²) in [6.45, 7) is 9.24. The third-order valence-electron chi connectivity index (χ3n) is 10.2. The molecular formula is C51H65N4O10S2Y-. The molecule has 0 aromatic heterocycles. The second-order valence-corrected chi connectivity index (χ2v) is 18.5. The number of aryl methyl sites for hydroxylation is 1. The maximum atomic E-state index is 13.7. The van der Waals surface area contributed by atoms with Gasteiger partial charge in [0.05, 0.1) is 6.61 Å². The number of benzene rings is 4. The van der Waals surface area contributed by atoms with E-state index in [-0.39, 0.29) is 63.5 Å². The molecule has 1 radical (unpaired) electrons. The first-order valence-corrected chi connectivity index (χ1v) is 24.9. The van der Waals surface area contributed by atoms with Crippen LogP contribution in [0.3, 0.4) is 0 Å². The number of aliphatic hydroxyl groups is 2. The van der Waals surface area contributed by atoms with E-state index in [1.54, 1.807) is 42.6 Å². The van der Waals surface area contributed by atoms with E-state index in [4.69, 9.17) is 9.47 Å². The predicted molar refractivity (Wildman–Crippen MR) is 265 cm³/mol. The molecule has 0 bridgehead atoms. The summed E-state index contributed by atoms with van der Waals surface area (Å²) >= 11 is 3.13. The summed E-state index contributed by atoms with van der Waals surface area (Å²) in [5.74, 6) is 0.179. The van der Waals surface area contributed by atoms with Crippen LogP contribution in [0.25, 0.3) is 22.3 Å². The van der Waals surface area contributed by atoms with Crippen molar-refractivity contribution in [1.82, 2.24) is 21.3 Å². The fraction of sp³-hybridized carbons (Fsp3) is 0.412. The van der Waals surface area contributed by atoms with Crippen LogP contribution in [0.1, 0.15) is 70.1 Å². The van der Waals surface area contributed by atoms with E-state index in [2.05, 4.69) is 27.3 Å². The molecule has 0 saturated heterocycles. The minimum atomic E-state index is -0.924. The summed E-state index contributed by atoms with van der Waals surface area (Å²) in [6, 6.07) is 25.5. The zero-order valence-electron chi connectivity index (χ0n) is 39.9. The number of hydrogen-bond donors (Lipinski definition) is 6. The van der Waals surface area contributed by atoms with Gasteiger partial charge in [-0.3, -0.25) is 19.2 Å². The van der Waals surface area contributed by atoms with Crippen molar-refractivity contribution in [1.29, 1.82) is 0 Å². The monoisotopic (exact) mass is 1050 g/mol. The third-order valence-corrected chi connectivity index (χ3v) is 11.5. The molecular weight excluding hydrogens is 982 g/mol. The van der Waals surface area contributed by atoms with Crippen LogP contribution < -0.4 is 30.7 Å². The number of ether oxygens (including phenoxy) is 2. The van der Waals surface area contributed by atoms with Gasteiger partial charge in [0.15, 0.2) is 0 Å². The second kappa shape index (κ2) is 32.3. The Bertz CT molecular complexity index is 2140. The number of hydrogen-bond acceptors (Lipinski definition) is 12. The normalized spacial score (nSPS) is 12.5. The van der Waals surface area contributed by atoms with Crippen LogP contribution in [0.15, 0.2) is 84.9 Å². The standard InChI is InChI=1S/C31H36N2O5S.C20H29N2O5S.Y/c1-21(2)16-28(33-30(36)27(32-20-35)14-15-39-3)31(37)38-29-25(23-10-6-4-7-11-23)17-22(19-34)18-26(29)24-12-8-5-9-13-24;1-13(2)9-17(22-19(25)16(21-12-24)7-8-28-4)20(26)27-18-6-5-15(11-23)10-14(18)3;/h4-13,17-18,20-21,27-28,34H,14-16,19H2,1-3H3,(H,32,35)(H,33,36);5,10,12-13,16-17,23H,7-9,11H2,1-4H3,(H,21,24)(H,22,25);/q;-1;. The maximum Gasteiger partial charge on any atom is 0.334 e. The summed E-state index contributed by atoms with van der Waals surface area (Å²) in [6.07, 6.45) is 6.48. The van der Waals surface area contributed by atoms with Gasteiger partial charge in [-0.05, 0) is 90.4 Å². The number of carbonyl (C=O) groups excluding carboxylic acids is 6. The van der Waals surface area contributed by atoms with Gasteiger partial charge in [-0.15, -0.1) is 17.2 Å². The van der Waals surface area contributed by atoms with Crippen LogP contribution in [-0.2, 0) is 74.7 Å². The smallest absolute Gasteiger partial charge is 0.334 e. The molecule has 0 saturated carbocycles. The van der Waals surface area contributed by atoms with E-state index in [1.165, 1.54) is 0 Å². The fourth-order valence-corrected chi connectivity index (χ4v) is 7.83. The van der Waals surface area contributed by atoms with Crippen molar-refractivity contribution in [2.45, 2.75) is 97.7 Å². The van der Waals surface area contributed by atoms with Gasteiger partial charge in [0.1, 0.15) is 29.9 Å². The molecule has 4 aromatic rings. The number of rotatable bonds is 26. The molecule has 17 heteroatoms. The molecule has 4 aromatic carbocycles. The van der Waals surface area contributed by atoms with Crippen LogP contribution in [-0.4, -0.2) is 95.0 Å². The maximum absolute atomic E-state index is 13.7. The van der Waals surface area contributed by atoms with E-state index in [9.17, 15) is 39.0 Å². The Hall–Kier alpha value is -4.58. The number of thioether (sulfide) groups is 2. The first kappa shape index (κ1) is 59.5. The summed E-state index contributed by atoms with van der Waals surface area (Å²) in [5, 5.41) is 29.8. The molecule has 4 unspecified atom stereocenters. The topological polar surface area (TPSA) is 209 Å². The van der Waals surface area contributed by atoms with Crippen LogP contribution in [0.4, 0.5) is 0 Å². The molecule has 4 amide bonds. The predicted octanol–water partition coefficient (Wildman–Crippen LogP) is 6.41. The number of aliphatic hydroxyl groups excluding tert-OH is 2. The largest absolute Gasteiger partial charge is 0.452 e. The number of nitrogens with one attached hydrogen (secondary N) is 4. The van der Waals surface area contributed by atoms with Crippen LogP contribution in [0.2, 0.25) is 0 Å². The fourth-order valence-electron chi connectivity index (χ4n) is 6.89. The van der Waals surface area contributed by atoms with Gasteiger partial charge < -0.3 is 41.0 Å². The molecule has 0 aliphatic carbocycles. The van der Waals surface area contributed by atoms with Crippen molar-refractivity contribution in [2.24, 2.45) is 11.8 Å². The quantitative estimate of drug-likeness (QED) is 0.0175. The van der Waals surface area contributed by atoms with Crippen molar-refractivity contribution in [3.8, 4) is 33.8 Å². The van der Waals surface area contributed by atoms with E-state index < -0.39 is 47.9 Å². The van der Waals surface area contributed by atoms with Crippen molar-refractivity contribution in [3.05, 3.63) is 108 Å². The van der Waals surface area contributed by atoms with Crippen LogP contribution in [0.5, 0.6) is 11.5 Å². The second-order valence-electron chi connectivity index (χ2n) is 16.5. The summed E-state index contributed by atoms with van der Waals surface area (Å²) in [5.41, 5.74) is 4.97. The summed E-state index contributed by atoms with van der Waals surface area (Å²) < 4.78 is 11.6. The average Bonchev–Trinajstić information content (AvgIpc) is 3.32. The van der Waals surface area contributed by atoms with Crippen LogP contribution >= 0.6 is 23.5 Å². The van der Waals surface area contributed by atoms with E-state index in [1.807, 2.05) is 113 Å². The Balaban J connectivity index is 0.000000486. The molecule has 6 N–H and O–H groups in total. The molecule has 68 heavy (non-hydrogen) atoms. The van der Waals surface area contributed by atoms with Gasteiger partial charge in [-0.1, -0.05) is 95.3 Å². The summed E-state index contributed by atoms with van der Waals surface area (Å²) in [7, 11) is 0. The molecule has 0 heterocycles. The van der Waals surface area contributed by atoms with Gasteiger partial charge in [0.2, 0.25) is 24.6 Å². The number of esters is 2. The number of amides is 4. The molecule has 4 rings (SSSR count). The zero-order chi connectivity index (χ0) is 49.3. The zero-order valence-corrected chi connectivity index (χ0v) is 44.4. The Morgan fingerprint density at radius 2 is 1.07 bits per heavy atom. The van der Waals surface area contributed by atoms with Crippen molar-refractivity contribution >= 4 is 60.1 Å². The Morgan fingerprint density at radius 3 is 1.44 bits per heavy atom. The van der Waals surface area contributed by atoms with E-state index in [0.717, 1.165) is 11.1 Å². The van der Waals surface area contributed by atoms with E-state index in [0.29, 0.717) is 83.6 Å². The minimum absolute atomic E-state index is 0. The summed E-state index contributed by atoms with van der Waals surface area (Å²) in [4.78, 5) is 73.9. The molecule has 0 spiro atoms. The van der Waals surface area contributed by atoms with Gasteiger partial charge >= 0.3 is 11.9 Å². The first-order chi connectivity index (χ1) is 32.2. The third kappa shape index (κ3) is 19.8. The Labute approximate surface area is 434 Å². The molecule has 0 fully saturated rings. The van der Waals surface area contributed by atoms with Crippen LogP contribution in [0, 0.1) is 24.8 Å². The molecule has 4 atom stereocenters. The van der Waals surface area contributed by atoms with Crippen molar-refractivity contribution in [3.63, 3.8) is 0 Å². The number of carbonyl (C=O) groups is 6. The molecule has 0 aliphatic heterocycles. The minimum Gasteiger partial charge on any atom is -0.452 e. The Morgan fingerprint density at radius 1 is 0.647 bits per heavy atom. The molecule has 365 valence electrons. The van der Waals surface area contributed by atoms with E-state index >= 15 is 0 Å². The van der Waals surface area contributed by atoms with Gasteiger partial charge in [-0.2, -0.15) is 35.7 Å². The van der Waals surface area contributed by atoms with Crippen molar-refractivity contribution in [2.75, 3.05) is 24.0 Å². The molecule has 14 nitrogen and oxygen atoms in total. The first-order valence-electron chi connectivity index (χ1n) is 22.1. The van der Waals surface area contributed by atoms with Crippen molar-refractivity contribution < 1.29 is 81.2 Å². The van der Waals surface area contributed by atoms with Gasteiger partial charge in [0.25, 0.3) is 0 Å².